The zero-order chi connectivity index (χ0) is 17.4. The lowest BCUT2D eigenvalue weighted by Gasteiger charge is -2.24. The molecular weight excluding hydrogens is 328 g/mol. The van der Waals surface area contributed by atoms with Gasteiger partial charge in [-0.15, -0.1) is 11.3 Å². The molecule has 0 saturated heterocycles. The van der Waals surface area contributed by atoms with E-state index in [4.69, 9.17) is 5.10 Å². The van der Waals surface area contributed by atoms with E-state index in [1.165, 1.54) is 45.8 Å². The summed E-state index contributed by atoms with van der Waals surface area (Å²) in [6, 6.07) is 6.97. The number of fused-ring (bicyclic) bond motifs is 1. The number of hydrogen-bond acceptors (Lipinski definition) is 4. The normalized spacial score (nSPS) is 16.8. The van der Waals surface area contributed by atoms with Gasteiger partial charge in [0.15, 0.2) is 0 Å². The quantitative estimate of drug-likeness (QED) is 0.756. The van der Waals surface area contributed by atoms with Gasteiger partial charge in [0.25, 0.3) is 0 Å². The molecule has 1 aliphatic carbocycles. The number of aryl methyl sites for hydroxylation is 3. The van der Waals surface area contributed by atoms with Crippen molar-refractivity contribution < 1.29 is 0 Å². The van der Waals surface area contributed by atoms with Crippen molar-refractivity contribution in [2.75, 3.05) is 0 Å². The molecule has 1 aliphatic rings. The highest BCUT2D eigenvalue weighted by molar-refractivity contribution is 7.11. The first-order valence-corrected chi connectivity index (χ1v) is 9.72. The van der Waals surface area contributed by atoms with Crippen molar-refractivity contribution in [1.29, 1.82) is 0 Å². The van der Waals surface area contributed by atoms with E-state index in [1.807, 2.05) is 6.20 Å². The van der Waals surface area contributed by atoms with Gasteiger partial charge in [-0.2, -0.15) is 5.10 Å². The first-order valence-electron chi connectivity index (χ1n) is 8.91. The molecule has 5 heteroatoms. The maximum Gasteiger partial charge on any atom is 0.0897 e. The summed E-state index contributed by atoms with van der Waals surface area (Å²) in [5.74, 6) is 0. The molecule has 0 fully saturated rings. The Morgan fingerprint density at radius 2 is 2.08 bits per heavy atom. The van der Waals surface area contributed by atoms with E-state index in [0.717, 1.165) is 18.0 Å². The molecule has 130 valence electrons. The fraction of sp³-hybridized carbons (Fsp3) is 0.400. The Balaban J connectivity index is 1.58. The average molecular weight is 353 g/mol. The minimum absolute atomic E-state index is 0.381. The van der Waals surface area contributed by atoms with Crippen LogP contribution in [-0.2, 0) is 13.0 Å². The zero-order valence-electron chi connectivity index (χ0n) is 15.0. The monoisotopic (exact) mass is 352 g/mol. The summed E-state index contributed by atoms with van der Waals surface area (Å²) >= 11 is 1.77. The van der Waals surface area contributed by atoms with E-state index in [1.54, 1.807) is 11.3 Å². The van der Waals surface area contributed by atoms with Crippen LogP contribution in [0.5, 0.6) is 0 Å². The summed E-state index contributed by atoms with van der Waals surface area (Å²) in [7, 11) is 0. The number of nitrogens with one attached hydrogen (secondary N) is 1. The summed E-state index contributed by atoms with van der Waals surface area (Å²) in [5, 5.41) is 9.55. The predicted molar refractivity (Wildman–Crippen MR) is 102 cm³/mol. The number of hydrogen-bond donors (Lipinski definition) is 1. The Morgan fingerprint density at radius 1 is 1.20 bits per heavy atom. The fourth-order valence-corrected chi connectivity index (χ4v) is 4.31. The third-order valence-corrected chi connectivity index (χ3v) is 6.02. The minimum Gasteiger partial charge on any atom is -0.305 e. The molecule has 0 bridgehead atoms. The molecule has 25 heavy (non-hydrogen) atoms. The molecule has 0 aliphatic heterocycles. The van der Waals surface area contributed by atoms with Gasteiger partial charge >= 0.3 is 0 Å². The third-order valence-electron chi connectivity index (χ3n) is 5.11. The molecule has 4 rings (SSSR count). The summed E-state index contributed by atoms with van der Waals surface area (Å²) in [6.45, 7) is 7.25. The summed E-state index contributed by atoms with van der Waals surface area (Å²) in [6.07, 6.45) is 7.50. The second kappa shape index (κ2) is 6.73. The highest BCUT2D eigenvalue weighted by Crippen LogP contribution is 2.31. The average Bonchev–Trinajstić information content (AvgIpc) is 3.22. The molecule has 3 aromatic rings. The summed E-state index contributed by atoms with van der Waals surface area (Å²) in [4.78, 5) is 5.64. The number of nitrogens with zero attached hydrogens (tertiary/aromatic N) is 3. The van der Waals surface area contributed by atoms with Crippen LogP contribution in [0.15, 0.2) is 30.6 Å². The maximum absolute atomic E-state index is 4.72. The van der Waals surface area contributed by atoms with Crippen molar-refractivity contribution in [1.82, 2.24) is 20.1 Å². The van der Waals surface area contributed by atoms with Crippen LogP contribution >= 0.6 is 11.3 Å². The molecule has 0 radical (unpaired) electrons. The highest BCUT2D eigenvalue weighted by Gasteiger charge is 2.24. The maximum atomic E-state index is 4.72. The van der Waals surface area contributed by atoms with Crippen molar-refractivity contribution in [2.24, 2.45) is 0 Å². The molecule has 2 aromatic heterocycles. The highest BCUT2D eigenvalue weighted by atomic mass is 32.1. The lowest BCUT2D eigenvalue weighted by atomic mass is 9.93. The first-order chi connectivity index (χ1) is 12.1. The van der Waals surface area contributed by atoms with Crippen LogP contribution in [0.2, 0.25) is 0 Å². The van der Waals surface area contributed by atoms with Gasteiger partial charge < -0.3 is 5.32 Å². The van der Waals surface area contributed by atoms with Crippen LogP contribution in [-0.4, -0.2) is 14.8 Å². The van der Waals surface area contributed by atoms with Crippen molar-refractivity contribution in [2.45, 2.75) is 52.6 Å². The molecule has 1 N–H and O–H groups in total. The second-order valence-electron chi connectivity index (χ2n) is 6.90. The molecule has 1 atom stereocenters. The number of benzene rings is 1. The Morgan fingerprint density at radius 3 is 2.84 bits per heavy atom. The van der Waals surface area contributed by atoms with E-state index in [-0.39, 0.29) is 0 Å². The largest absolute Gasteiger partial charge is 0.305 e. The molecule has 0 saturated carbocycles. The van der Waals surface area contributed by atoms with Crippen molar-refractivity contribution in [3.05, 3.63) is 62.9 Å². The van der Waals surface area contributed by atoms with E-state index in [0.29, 0.717) is 6.04 Å². The standard InChI is InChI=1S/C20H24N4S/c1-13-7-8-16(9-14(13)2)24-20-6-4-5-19(18(20)12-23-24)22-11-17-10-21-15(3)25-17/h7-10,12,19,22H,4-6,11H2,1-3H3/t19-/m0/s1. The lowest BCUT2D eigenvalue weighted by molar-refractivity contribution is 0.456. The van der Waals surface area contributed by atoms with Gasteiger partial charge in [0, 0.05) is 34.9 Å². The SMILES string of the molecule is Cc1ncc(CN[C@H]2CCCc3c2cnn3-c2ccc(C)c(C)c2)s1. The van der Waals surface area contributed by atoms with Gasteiger partial charge in [0.1, 0.15) is 0 Å². The molecule has 0 unspecified atom stereocenters. The van der Waals surface area contributed by atoms with Crippen LogP contribution in [0, 0.1) is 20.8 Å². The van der Waals surface area contributed by atoms with E-state index >= 15 is 0 Å². The Labute approximate surface area is 152 Å². The van der Waals surface area contributed by atoms with Gasteiger partial charge in [-0.05, 0) is 63.3 Å². The minimum atomic E-state index is 0.381. The van der Waals surface area contributed by atoms with E-state index in [9.17, 15) is 0 Å². The molecular formula is C20H24N4S. The number of aromatic nitrogens is 3. The van der Waals surface area contributed by atoms with Crippen molar-refractivity contribution in [3.63, 3.8) is 0 Å². The van der Waals surface area contributed by atoms with E-state index < -0.39 is 0 Å². The van der Waals surface area contributed by atoms with Crippen LogP contribution in [0.25, 0.3) is 5.69 Å². The lowest BCUT2D eigenvalue weighted by Crippen LogP contribution is -2.24. The molecule has 1 aromatic carbocycles. The first kappa shape index (κ1) is 16.5. The van der Waals surface area contributed by atoms with E-state index in [2.05, 4.69) is 60.1 Å². The van der Waals surface area contributed by atoms with Crippen molar-refractivity contribution >= 4 is 11.3 Å². The van der Waals surface area contributed by atoms with Gasteiger partial charge in [0.05, 0.1) is 16.9 Å². The van der Waals surface area contributed by atoms with Crippen molar-refractivity contribution in [3.8, 4) is 5.69 Å². The molecule has 2 heterocycles. The summed E-state index contributed by atoms with van der Waals surface area (Å²) in [5.41, 5.74) is 6.51. The smallest absolute Gasteiger partial charge is 0.0897 e. The Bertz CT molecular complexity index is 893. The van der Waals surface area contributed by atoms with Crippen LogP contribution in [0.3, 0.4) is 0 Å². The number of rotatable bonds is 4. The fourth-order valence-electron chi connectivity index (χ4n) is 3.56. The molecule has 0 amide bonds. The topological polar surface area (TPSA) is 42.7 Å². The van der Waals surface area contributed by atoms with Gasteiger partial charge in [0.2, 0.25) is 0 Å². The third kappa shape index (κ3) is 3.26. The zero-order valence-corrected chi connectivity index (χ0v) is 15.9. The van der Waals surface area contributed by atoms with Gasteiger partial charge in [-0.1, -0.05) is 6.07 Å². The predicted octanol–water partition coefficient (Wildman–Crippen LogP) is 4.42. The van der Waals surface area contributed by atoms with Crippen LogP contribution < -0.4 is 5.32 Å². The van der Waals surface area contributed by atoms with Crippen LogP contribution in [0.4, 0.5) is 0 Å². The van der Waals surface area contributed by atoms with Crippen LogP contribution in [0.1, 0.15) is 51.2 Å². The number of thiazole rings is 1. The molecule has 0 spiro atoms. The van der Waals surface area contributed by atoms with Gasteiger partial charge in [-0.25, -0.2) is 9.67 Å². The van der Waals surface area contributed by atoms with Gasteiger partial charge in [-0.3, -0.25) is 0 Å². The summed E-state index contributed by atoms with van der Waals surface area (Å²) < 4.78 is 2.13. The Kier molecular flexibility index (Phi) is 4.44. The Hall–Kier alpha value is -1.98. The molecule has 4 nitrogen and oxygen atoms in total. The second-order valence-corrected chi connectivity index (χ2v) is 8.22.